The molecule has 182 valence electrons. The van der Waals surface area contributed by atoms with Crippen molar-refractivity contribution in [1.29, 1.82) is 0 Å². The Morgan fingerprint density at radius 3 is 1.83 bits per heavy atom. The van der Waals surface area contributed by atoms with Gasteiger partial charge in [0.05, 0.1) is 11.1 Å². The molecule has 35 heavy (non-hydrogen) atoms. The third kappa shape index (κ3) is 6.20. The Labute approximate surface area is 205 Å². The summed E-state index contributed by atoms with van der Waals surface area (Å²) in [5.74, 6) is -0.0986. The molecule has 2 aromatic carbocycles. The van der Waals surface area contributed by atoms with Gasteiger partial charge in [-0.05, 0) is 55.8 Å². The number of amides is 1. The van der Waals surface area contributed by atoms with Gasteiger partial charge in [0.1, 0.15) is 12.4 Å². The molecule has 0 unspecified atom stereocenters. The molecule has 0 spiro atoms. The maximum atomic E-state index is 12.7. The van der Waals surface area contributed by atoms with Crippen LogP contribution in [0.2, 0.25) is 0 Å². The number of carboxylic acid groups (broad SMARTS) is 1. The van der Waals surface area contributed by atoms with E-state index >= 15 is 0 Å². The number of carbonyl (C=O) groups is 2. The number of aromatic nitrogens is 2. The fourth-order valence-electron chi connectivity index (χ4n) is 3.47. The van der Waals surface area contributed by atoms with E-state index in [-0.39, 0.29) is 5.91 Å². The summed E-state index contributed by atoms with van der Waals surface area (Å²) in [6.45, 7) is 4.25. The highest BCUT2D eigenvalue weighted by Gasteiger charge is 2.17. The number of hydrogen-bond donors (Lipinski definition) is 1. The molecule has 2 heterocycles. The van der Waals surface area contributed by atoms with Gasteiger partial charge in [-0.1, -0.05) is 30.3 Å². The summed E-state index contributed by atoms with van der Waals surface area (Å²) in [7, 11) is 5.54. The first kappa shape index (κ1) is 25.4. The number of carbonyl (C=O) groups excluding carboxylic acids is 1. The molecule has 0 aliphatic rings. The van der Waals surface area contributed by atoms with Gasteiger partial charge in [0.15, 0.2) is 0 Å². The van der Waals surface area contributed by atoms with Crippen LogP contribution in [0.15, 0.2) is 79.1 Å². The number of benzene rings is 2. The maximum Gasteiger partial charge on any atom is 0.337 e. The first-order valence-electron chi connectivity index (χ1n) is 11.2. The van der Waals surface area contributed by atoms with Gasteiger partial charge in [0, 0.05) is 50.6 Å². The zero-order valence-corrected chi connectivity index (χ0v) is 20.7. The standard InChI is InChI=1S/C21H22N2O2.C7H9NO2/c1-16-20(13-14-22(16)2)21(24)23(3)18-9-11-19(12-10-18)25-15-17-7-5-4-6-8-17;1-5-6(7(9)10)3-4-8(5)2/h4-14H,15H2,1-3H3;3-4H,1-2H3,(H,9,10). The zero-order valence-electron chi connectivity index (χ0n) is 20.7. The molecule has 4 rings (SSSR count). The Kier molecular flexibility index (Phi) is 8.15. The van der Waals surface area contributed by atoms with Crippen molar-refractivity contribution in [3.63, 3.8) is 0 Å². The zero-order chi connectivity index (χ0) is 25.5. The topological polar surface area (TPSA) is 76.7 Å². The molecular formula is C28H31N3O4. The lowest BCUT2D eigenvalue weighted by Gasteiger charge is -2.18. The minimum Gasteiger partial charge on any atom is -0.489 e. The van der Waals surface area contributed by atoms with Crippen LogP contribution in [-0.2, 0) is 20.7 Å². The molecule has 0 radical (unpaired) electrons. The van der Waals surface area contributed by atoms with E-state index in [2.05, 4.69) is 0 Å². The summed E-state index contributed by atoms with van der Waals surface area (Å²) in [5, 5.41) is 8.57. The van der Waals surface area contributed by atoms with E-state index in [4.69, 9.17) is 9.84 Å². The Balaban J connectivity index is 0.000000287. The minimum absolute atomic E-state index is 0.0175. The van der Waals surface area contributed by atoms with Crippen molar-refractivity contribution in [2.24, 2.45) is 14.1 Å². The van der Waals surface area contributed by atoms with Crippen molar-refractivity contribution in [2.45, 2.75) is 20.5 Å². The second-order valence-electron chi connectivity index (χ2n) is 8.29. The molecule has 1 N–H and O–H groups in total. The van der Waals surface area contributed by atoms with Crippen molar-refractivity contribution in [3.8, 4) is 5.75 Å². The molecule has 0 saturated heterocycles. The highest BCUT2D eigenvalue weighted by molar-refractivity contribution is 6.06. The highest BCUT2D eigenvalue weighted by Crippen LogP contribution is 2.22. The van der Waals surface area contributed by atoms with E-state index in [1.54, 1.807) is 35.7 Å². The van der Waals surface area contributed by atoms with E-state index in [1.807, 2.05) is 92.4 Å². The Bertz CT molecular complexity index is 1290. The van der Waals surface area contributed by atoms with Crippen LogP contribution in [0.1, 0.15) is 37.7 Å². The van der Waals surface area contributed by atoms with Crippen molar-refractivity contribution >= 4 is 17.6 Å². The molecular weight excluding hydrogens is 442 g/mol. The third-order valence-electron chi connectivity index (χ3n) is 6.01. The van der Waals surface area contributed by atoms with E-state index < -0.39 is 5.97 Å². The number of ether oxygens (including phenoxy) is 1. The number of carboxylic acids is 1. The molecule has 0 saturated carbocycles. The molecule has 0 fully saturated rings. The van der Waals surface area contributed by atoms with Gasteiger partial charge in [-0.2, -0.15) is 0 Å². The van der Waals surface area contributed by atoms with Crippen LogP contribution in [0.5, 0.6) is 5.75 Å². The molecule has 0 aliphatic carbocycles. The van der Waals surface area contributed by atoms with E-state index in [0.29, 0.717) is 12.2 Å². The molecule has 4 aromatic rings. The first-order chi connectivity index (χ1) is 16.7. The van der Waals surface area contributed by atoms with Gasteiger partial charge in [-0.25, -0.2) is 4.79 Å². The first-order valence-corrected chi connectivity index (χ1v) is 11.2. The predicted octanol–water partition coefficient (Wildman–Crippen LogP) is 5.22. The Morgan fingerprint density at radius 1 is 0.829 bits per heavy atom. The van der Waals surface area contributed by atoms with E-state index in [0.717, 1.165) is 34.0 Å². The van der Waals surface area contributed by atoms with Crippen molar-refractivity contribution < 1.29 is 19.4 Å². The van der Waals surface area contributed by atoms with Crippen LogP contribution in [0, 0.1) is 13.8 Å². The van der Waals surface area contributed by atoms with Crippen molar-refractivity contribution in [2.75, 3.05) is 11.9 Å². The minimum atomic E-state index is -0.863. The van der Waals surface area contributed by atoms with Crippen LogP contribution in [0.25, 0.3) is 0 Å². The molecule has 0 atom stereocenters. The summed E-state index contributed by atoms with van der Waals surface area (Å²) in [6.07, 6.45) is 3.63. The van der Waals surface area contributed by atoms with Crippen LogP contribution in [-0.4, -0.2) is 33.2 Å². The summed E-state index contributed by atoms with van der Waals surface area (Å²) < 4.78 is 9.51. The van der Waals surface area contributed by atoms with E-state index in [9.17, 15) is 9.59 Å². The van der Waals surface area contributed by atoms with Gasteiger partial charge in [0.2, 0.25) is 0 Å². The second kappa shape index (κ2) is 11.2. The fraction of sp³-hybridized carbons (Fsp3) is 0.214. The lowest BCUT2D eigenvalue weighted by molar-refractivity contribution is 0.0695. The summed E-state index contributed by atoms with van der Waals surface area (Å²) in [5.41, 5.74) is 4.79. The summed E-state index contributed by atoms with van der Waals surface area (Å²) in [4.78, 5) is 24.7. The lowest BCUT2D eigenvalue weighted by atomic mass is 10.2. The van der Waals surface area contributed by atoms with E-state index in [1.165, 1.54) is 0 Å². The Morgan fingerprint density at radius 2 is 1.37 bits per heavy atom. The lowest BCUT2D eigenvalue weighted by Crippen LogP contribution is -2.26. The SMILES string of the molecule is Cc1c(C(=O)N(C)c2ccc(OCc3ccccc3)cc2)ccn1C.Cc1c(C(=O)O)ccn1C. The van der Waals surface area contributed by atoms with Gasteiger partial charge in [-0.15, -0.1) is 0 Å². The number of rotatable bonds is 6. The third-order valence-corrected chi connectivity index (χ3v) is 6.01. The van der Waals surface area contributed by atoms with Crippen molar-refractivity contribution in [1.82, 2.24) is 9.13 Å². The summed E-state index contributed by atoms with van der Waals surface area (Å²) >= 11 is 0. The predicted molar refractivity (Wildman–Crippen MR) is 137 cm³/mol. The Hall–Kier alpha value is -4.26. The quantitative estimate of drug-likeness (QED) is 0.417. The fourth-order valence-corrected chi connectivity index (χ4v) is 3.47. The van der Waals surface area contributed by atoms with Gasteiger partial charge < -0.3 is 23.9 Å². The number of aryl methyl sites for hydroxylation is 2. The monoisotopic (exact) mass is 473 g/mol. The van der Waals surface area contributed by atoms with Gasteiger partial charge >= 0.3 is 5.97 Å². The molecule has 7 nitrogen and oxygen atoms in total. The molecule has 1 amide bonds. The normalized spacial score (nSPS) is 10.3. The molecule has 0 bridgehead atoms. The number of anilines is 1. The average molecular weight is 474 g/mol. The highest BCUT2D eigenvalue weighted by atomic mass is 16.5. The summed E-state index contributed by atoms with van der Waals surface area (Å²) in [6, 6.07) is 21.1. The largest absolute Gasteiger partial charge is 0.489 e. The van der Waals surface area contributed by atoms with Crippen molar-refractivity contribution in [3.05, 3.63) is 107 Å². The van der Waals surface area contributed by atoms with Crippen LogP contribution in [0.4, 0.5) is 5.69 Å². The second-order valence-corrected chi connectivity index (χ2v) is 8.29. The number of nitrogens with zero attached hydrogens (tertiary/aromatic N) is 3. The maximum absolute atomic E-state index is 12.7. The van der Waals surface area contributed by atoms with Gasteiger partial charge in [0.25, 0.3) is 5.91 Å². The number of hydrogen-bond acceptors (Lipinski definition) is 3. The molecule has 0 aliphatic heterocycles. The smallest absolute Gasteiger partial charge is 0.337 e. The van der Waals surface area contributed by atoms with Crippen LogP contribution >= 0.6 is 0 Å². The van der Waals surface area contributed by atoms with Crippen LogP contribution in [0.3, 0.4) is 0 Å². The average Bonchev–Trinajstić information content (AvgIpc) is 3.38. The molecule has 7 heteroatoms. The van der Waals surface area contributed by atoms with Crippen LogP contribution < -0.4 is 9.64 Å². The molecule has 2 aromatic heterocycles. The number of aromatic carboxylic acids is 1. The van der Waals surface area contributed by atoms with Gasteiger partial charge in [-0.3, -0.25) is 4.79 Å².